The average Bonchev–Trinajstić information content (AvgIpc) is 3.00. The molecule has 4 aromatic carbocycles. The summed E-state index contributed by atoms with van der Waals surface area (Å²) in [5.74, 6) is -0.788. The van der Waals surface area contributed by atoms with Crippen molar-refractivity contribution >= 4 is 44.9 Å². The van der Waals surface area contributed by atoms with E-state index >= 15 is 0 Å². The van der Waals surface area contributed by atoms with E-state index in [1.165, 1.54) is 68.8 Å². The van der Waals surface area contributed by atoms with E-state index in [-0.39, 0.29) is 16.4 Å². The number of hydrogen-bond acceptors (Lipinski definition) is 8. The maximum Gasteiger partial charge on any atom is 0.338 e. The standard InChI is InChI=1S/C30H27N3O8S/c1-39-24-16-14-23(15-17-24)33-42(37,38)25-7-5-6-21(18-25)30(36)41-19-28(34)31-22-12-10-20(11-13-22)29(35)32-26-8-3-4-9-27(26)40-2/h3-18,33H,19H2,1-2H3,(H,31,34)(H,32,35). The minimum Gasteiger partial charge on any atom is -0.497 e. The summed E-state index contributed by atoms with van der Waals surface area (Å²) in [6.45, 7) is -0.615. The number of carbonyl (C=O) groups excluding carboxylic acids is 3. The molecule has 0 fully saturated rings. The van der Waals surface area contributed by atoms with Crippen LogP contribution in [0.1, 0.15) is 20.7 Å². The van der Waals surface area contributed by atoms with Gasteiger partial charge in [0.05, 0.1) is 30.4 Å². The highest BCUT2D eigenvalue weighted by molar-refractivity contribution is 7.92. The number of amides is 2. The third kappa shape index (κ3) is 7.64. The maximum absolute atomic E-state index is 12.8. The zero-order valence-corrected chi connectivity index (χ0v) is 23.4. The Bertz CT molecular complexity index is 1690. The quantitative estimate of drug-likeness (QED) is 0.216. The van der Waals surface area contributed by atoms with Crippen molar-refractivity contribution in [2.24, 2.45) is 0 Å². The first-order valence-corrected chi connectivity index (χ1v) is 13.9. The van der Waals surface area contributed by atoms with Crippen LogP contribution in [0.15, 0.2) is 102 Å². The largest absolute Gasteiger partial charge is 0.497 e. The van der Waals surface area contributed by atoms with Crippen molar-refractivity contribution in [3.05, 3.63) is 108 Å². The Morgan fingerprint density at radius 2 is 1.40 bits per heavy atom. The van der Waals surface area contributed by atoms with Crippen LogP contribution in [0.25, 0.3) is 0 Å². The monoisotopic (exact) mass is 589 g/mol. The number of carbonyl (C=O) groups is 3. The maximum atomic E-state index is 12.8. The summed E-state index contributed by atoms with van der Waals surface area (Å²) in [5.41, 5.74) is 1.50. The van der Waals surface area contributed by atoms with Crippen LogP contribution < -0.4 is 24.8 Å². The molecule has 0 aliphatic heterocycles. The number of sulfonamides is 1. The number of hydrogen-bond donors (Lipinski definition) is 3. The van der Waals surface area contributed by atoms with Gasteiger partial charge in [0.15, 0.2) is 6.61 Å². The van der Waals surface area contributed by atoms with E-state index in [0.717, 1.165) is 6.07 Å². The fraction of sp³-hybridized carbons (Fsp3) is 0.100. The second kappa shape index (κ2) is 13.3. The van der Waals surface area contributed by atoms with Crippen LogP contribution in [0.3, 0.4) is 0 Å². The zero-order valence-electron chi connectivity index (χ0n) is 22.6. The van der Waals surface area contributed by atoms with Crippen LogP contribution in [0.5, 0.6) is 11.5 Å². The SMILES string of the molecule is COc1ccc(NS(=O)(=O)c2cccc(C(=O)OCC(=O)Nc3ccc(C(=O)Nc4ccccc4OC)cc3)c2)cc1. The predicted molar refractivity (Wildman–Crippen MR) is 157 cm³/mol. The van der Waals surface area contributed by atoms with E-state index in [2.05, 4.69) is 15.4 Å². The van der Waals surface area contributed by atoms with Gasteiger partial charge in [-0.1, -0.05) is 18.2 Å². The molecule has 0 unspecified atom stereocenters. The van der Waals surface area contributed by atoms with Gasteiger partial charge in [-0.25, -0.2) is 13.2 Å². The van der Waals surface area contributed by atoms with Gasteiger partial charge < -0.3 is 24.8 Å². The number of rotatable bonds is 11. The lowest BCUT2D eigenvalue weighted by atomic mass is 10.2. The van der Waals surface area contributed by atoms with Crippen molar-refractivity contribution in [3.63, 3.8) is 0 Å². The molecular formula is C30H27N3O8S. The molecule has 4 aromatic rings. The zero-order chi connectivity index (χ0) is 30.1. The Labute approximate surface area is 242 Å². The summed E-state index contributed by atoms with van der Waals surface area (Å²) < 4.78 is 43.4. The summed E-state index contributed by atoms with van der Waals surface area (Å²) in [6.07, 6.45) is 0. The molecule has 0 radical (unpaired) electrons. The van der Waals surface area contributed by atoms with Gasteiger partial charge in [-0.05, 0) is 78.9 Å². The lowest BCUT2D eigenvalue weighted by Gasteiger charge is -2.11. The van der Waals surface area contributed by atoms with E-state index < -0.39 is 28.5 Å². The van der Waals surface area contributed by atoms with E-state index in [1.807, 2.05) is 0 Å². The van der Waals surface area contributed by atoms with Gasteiger partial charge >= 0.3 is 5.97 Å². The molecule has 0 heterocycles. The van der Waals surface area contributed by atoms with E-state index in [4.69, 9.17) is 14.2 Å². The Hall–Kier alpha value is -5.36. The molecule has 42 heavy (non-hydrogen) atoms. The van der Waals surface area contributed by atoms with Crippen LogP contribution in [0, 0.1) is 0 Å². The van der Waals surface area contributed by atoms with Crippen LogP contribution in [-0.2, 0) is 19.6 Å². The van der Waals surface area contributed by atoms with E-state index in [9.17, 15) is 22.8 Å². The molecule has 0 aliphatic rings. The van der Waals surface area contributed by atoms with Crippen molar-refractivity contribution in [1.82, 2.24) is 0 Å². The second-order valence-electron chi connectivity index (χ2n) is 8.72. The predicted octanol–water partition coefficient (Wildman–Crippen LogP) is 4.55. The Morgan fingerprint density at radius 3 is 2.10 bits per heavy atom. The number of esters is 1. The lowest BCUT2D eigenvalue weighted by molar-refractivity contribution is -0.119. The molecule has 4 rings (SSSR count). The van der Waals surface area contributed by atoms with Crippen molar-refractivity contribution in [2.75, 3.05) is 36.2 Å². The number of anilines is 3. The molecule has 2 amide bonds. The van der Waals surface area contributed by atoms with E-state index in [1.54, 1.807) is 36.4 Å². The lowest BCUT2D eigenvalue weighted by Crippen LogP contribution is -2.21. The van der Waals surface area contributed by atoms with Gasteiger partial charge in [0, 0.05) is 16.9 Å². The number of methoxy groups -OCH3 is 2. The van der Waals surface area contributed by atoms with Gasteiger partial charge in [-0.2, -0.15) is 0 Å². The normalized spacial score (nSPS) is 10.7. The fourth-order valence-electron chi connectivity index (χ4n) is 3.72. The summed E-state index contributed by atoms with van der Waals surface area (Å²) in [5, 5.41) is 5.33. The topological polar surface area (TPSA) is 149 Å². The summed E-state index contributed by atoms with van der Waals surface area (Å²) in [4.78, 5) is 37.3. The first-order chi connectivity index (χ1) is 20.2. The van der Waals surface area contributed by atoms with Gasteiger partial charge in [0.2, 0.25) is 0 Å². The van der Waals surface area contributed by atoms with Crippen LogP contribution in [-0.4, -0.2) is 47.0 Å². The van der Waals surface area contributed by atoms with Crippen LogP contribution in [0.2, 0.25) is 0 Å². The first-order valence-electron chi connectivity index (χ1n) is 12.5. The van der Waals surface area contributed by atoms with Gasteiger partial charge in [-0.3, -0.25) is 14.3 Å². The molecule has 3 N–H and O–H groups in total. The highest BCUT2D eigenvalue weighted by atomic mass is 32.2. The number of benzene rings is 4. The Morgan fingerprint density at radius 1 is 0.714 bits per heavy atom. The third-order valence-electron chi connectivity index (χ3n) is 5.84. The fourth-order valence-corrected chi connectivity index (χ4v) is 4.83. The average molecular weight is 590 g/mol. The molecule has 0 bridgehead atoms. The highest BCUT2D eigenvalue weighted by Crippen LogP contribution is 2.24. The van der Waals surface area contributed by atoms with Gasteiger partial charge in [0.1, 0.15) is 11.5 Å². The summed E-state index contributed by atoms with van der Waals surface area (Å²) in [6, 6.07) is 24.6. The Balaban J connectivity index is 1.31. The molecule has 0 aromatic heterocycles. The first kappa shape index (κ1) is 29.6. The van der Waals surface area contributed by atoms with Crippen molar-refractivity contribution in [3.8, 4) is 11.5 Å². The van der Waals surface area contributed by atoms with Crippen molar-refractivity contribution < 1.29 is 37.0 Å². The highest BCUT2D eigenvalue weighted by Gasteiger charge is 2.18. The minimum absolute atomic E-state index is 0.0502. The van der Waals surface area contributed by atoms with Crippen LogP contribution >= 0.6 is 0 Å². The Kier molecular flexibility index (Phi) is 9.40. The second-order valence-corrected chi connectivity index (χ2v) is 10.4. The van der Waals surface area contributed by atoms with Crippen molar-refractivity contribution in [1.29, 1.82) is 0 Å². The minimum atomic E-state index is -4.00. The molecule has 0 aliphatic carbocycles. The van der Waals surface area contributed by atoms with Gasteiger partial charge in [0.25, 0.3) is 21.8 Å². The molecule has 11 nitrogen and oxygen atoms in total. The number of ether oxygens (including phenoxy) is 3. The molecule has 12 heteroatoms. The van der Waals surface area contributed by atoms with E-state index in [0.29, 0.717) is 34.1 Å². The molecule has 216 valence electrons. The molecule has 0 atom stereocenters. The summed E-state index contributed by atoms with van der Waals surface area (Å²) >= 11 is 0. The smallest absolute Gasteiger partial charge is 0.338 e. The number of nitrogens with one attached hydrogen (secondary N) is 3. The molecule has 0 saturated carbocycles. The van der Waals surface area contributed by atoms with Gasteiger partial charge in [-0.15, -0.1) is 0 Å². The third-order valence-corrected chi connectivity index (χ3v) is 7.22. The molecule has 0 spiro atoms. The van der Waals surface area contributed by atoms with Crippen molar-refractivity contribution in [2.45, 2.75) is 4.90 Å². The number of para-hydroxylation sites is 2. The van der Waals surface area contributed by atoms with Crippen LogP contribution in [0.4, 0.5) is 17.1 Å². The molecular weight excluding hydrogens is 562 g/mol. The summed E-state index contributed by atoms with van der Waals surface area (Å²) in [7, 11) is -1.00. The molecule has 0 saturated heterocycles.